The van der Waals surface area contributed by atoms with E-state index in [0.717, 1.165) is 30.2 Å². The van der Waals surface area contributed by atoms with Gasteiger partial charge in [0.1, 0.15) is 0 Å². The molecule has 0 bridgehead atoms. The lowest BCUT2D eigenvalue weighted by Crippen LogP contribution is -2.40. The molecular formula is C25H28F3N3O3S. The zero-order chi connectivity index (χ0) is 25.3. The van der Waals surface area contributed by atoms with Crippen LogP contribution in [0.4, 0.5) is 13.2 Å². The van der Waals surface area contributed by atoms with E-state index in [0.29, 0.717) is 23.7 Å². The molecule has 1 N–H and O–H groups in total. The SMILES string of the molecule is CCOC(=O)C1=C(C(F)(F)F)N=C2SC=C(CC(=O)NCC3CC3)N2[C@H]1c1ccc(C(C)C)cc1. The van der Waals surface area contributed by atoms with Crippen molar-refractivity contribution in [1.82, 2.24) is 10.2 Å². The predicted octanol–water partition coefficient (Wildman–Crippen LogP) is 5.41. The van der Waals surface area contributed by atoms with Crippen LogP contribution in [0.15, 0.2) is 51.6 Å². The summed E-state index contributed by atoms with van der Waals surface area (Å²) in [5.74, 6) is -0.568. The molecule has 1 aromatic carbocycles. The van der Waals surface area contributed by atoms with E-state index in [-0.39, 0.29) is 30.0 Å². The Bertz CT molecular complexity index is 1090. The lowest BCUT2D eigenvalue weighted by atomic mass is 9.91. The van der Waals surface area contributed by atoms with Crippen LogP contribution in [0, 0.1) is 5.92 Å². The molecule has 10 heteroatoms. The van der Waals surface area contributed by atoms with Crippen molar-refractivity contribution in [3.63, 3.8) is 0 Å². The lowest BCUT2D eigenvalue weighted by molar-refractivity contribution is -0.140. The number of carbonyl (C=O) groups is 2. The van der Waals surface area contributed by atoms with Gasteiger partial charge in [0.05, 0.1) is 24.6 Å². The molecule has 1 saturated carbocycles. The Hall–Kier alpha value is -2.75. The summed E-state index contributed by atoms with van der Waals surface area (Å²) < 4.78 is 47.4. The van der Waals surface area contributed by atoms with Crippen molar-refractivity contribution in [1.29, 1.82) is 0 Å². The van der Waals surface area contributed by atoms with Crippen LogP contribution in [-0.4, -0.2) is 41.3 Å². The molecule has 0 aromatic heterocycles. The molecule has 0 spiro atoms. The molecule has 6 nitrogen and oxygen atoms in total. The number of halogens is 3. The summed E-state index contributed by atoms with van der Waals surface area (Å²) >= 11 is 1.01. The number of ether oxygens (including phenoxy) is 1. The minimum atomic E-state index is -4.86. The molecular weight excluding hydrogens is 479 g/mol. The summed E-state index contributed by atoms with van der Waals surface area (Å²) in [5, 5.41) is 4.60. The van der Waals surface area contributed by atoms with Crippen molar-refractivity contribution in [3.8, 4) is 0 Å². The van der Waals surface area contributed by atoms with Crippen molar-refractivity contribution in [3.05, 3.63) is 57.8 Å². The predicted molar refractivity (Wildman–Crippen MR) is 128 cm³/mol. The van der Waals surface area contributed by atoms with Crippen LogP contribution in [0.25, 0.3) is 0 Å². The van der Waals surface area contributed by atoms with E-state index in [2.05, 4.69) is 10.3 Å². The second kappa shape index (κ2) is 10.1. The first-order chi connectivity index (χ1) is 16.6. The van der Waals surface area contributed by atoms with E-state index in [4.69, 9.17) is 4.74 Å². The normalized spacial score (nSPS) is 20.0. The number of benzene rings is 1. The van der Waals surface area contributed by atoms with E-state index in [1.807, 2.05) is 26.0 Å². The molecule has 0 radical (unpaired) electrons. The van der Waals surface area contributed by atoms with E-state index >= 15 is 0 Å². The van der Waals surface area contributed by atoms with Gasteiger partial charge in [0.25, 0.3) is 0 Å². The molecule has 1 aliphatic carbocycles. The maximum absolute atomic E-state index is 14.1. The summed E-state index contributed by atoms with van der Waals surface area (Å²) in [4.78, 5) is 30.9. The maximum atomic E-state index is 14.1. The molecule has 2 aliphatic heterocycles. The second-order valence-corrected chi connectivity index (χ2v) is 9.96. The Labute approximate surface area is 206 Å². The topological polar surface area (TPSA) is 71.0 Å². The summed E-state index contributed by atoms with van der Waals surface area (Å²) in [5.41, 5.74) is 0.149. The molecule has 3 aliphatic rings. The number of nitrogens with zero attached hydrogens (tertiary/aromatic N) is 2. The van der Waals surface area contributed by atoms with Crippen LogP contribution in [-0.2, 0) is 14.3 Å². The highest BCUT2D eigenvalue weighted by Crippen LogP contribution is 2.48. The number of allylic oxidation sites excluding steroid dienone is 1. The third-order valence-corrected chi connectivity index (χ3v) is 7.01. The number of hydrogen-bond acceptors (Lipinski definition) is 6. The number of thioether (sulfide) groups is 1. The third-order valence-electron chi connectivity index (χ3n) is 6.12. The van der Waals surface area contributed by atoms with Gasteiger partial charge in [-0.05, 0) is 48.1 Å². The molecule has 1 amide bonds. The lowest BCUT2D eigenvalue weighted by Gasteiger charge is -2.37. The summed E-state index contributed by atoms with van der Waals surface area (Å²) in [6.45, 7) is 6.09. The number of carbonyl (C=O) groups excluding carboxylic acids is 2. The molecule has 0 saturated heterocycles. The van der Waals surface area contributed by atoms with Crippen LogP contribution in [0.3, 0.4) is 0 Å². The van der Waals surface area contributed by atoms with Crippen molar-refractivity contribution in [2.75, 3.05) is 13.2 Å². The standard InChI is InChI=1S/C25H28F3N3O3S/c1-4-34-23(33)20-21(17-9-7-16(8-10-17)14(2)3)31-18(11-19(32)29-12-15-5-6-15)13-35-24(31)30-22(20)25(26,27)28/h7-10,13-15,21H,4-6,11-12H2,1-3H3,(H,29,32)/t21-/m0/s1. The van der Waals surface area contributed by atoms with Gasteiger partial charge in [-0.3, -0.25) is 4.79 Å². The summed E-state index contributed by atoms with van der Waals surface area (Å²) in [7, 11) is 0. The molecule has 2 heterocycles. The fourth-order valence-electron chi connectivity index (χ4n) is 4.07. The molecule has 188 valence electrons. The van der Waals surface area contributed by atoms with Gasteiger partial charge in [-0.25, -0.2) is 9.79 Å². The van der Waals surface area contributed by atoms with E-state index in [9.17, 15) is 22.8 Å². The zero-order valence-electron chi connectivity index (χ0n) is 19.8. The van der Waals surface area contributed by atoms with E-state index in [1.54, 1.807) is 22.4 Å². The highest BCUT2D eigenvalue weighted by molar-refractivity contribution is 8.16. The maximum Gasteiger partial charge on any atom is 0.434 e. The molecule has 1 fully saturated rings. The molecule has 1 atom stereocenters. The van der Waals surface area contributed by atoms with Crippen LogP contribution >= 0.6 is 11.8 Å². The van der Waals surface area contributed by atoms with Gasteiger partial charge in [-0.2, -0.15) is 13.2 Å². The van der Waals surface area contributed by atoms with Gasteiger partial charge in [0.15, 0.2) is 10.9 Å². The molecule has 4 rings (SSSR count). The Morgan fingerprint density at radius 2 is 1.91 bits per heavy atom. The number of nitrogens with one attached hydrogen (secondary N) is 1. The van der Waals surface area contributed by atoms with Gasteiger partial charge in [-0.15, -0.1) is 0 Å². The third kappa shape index (κ3) is 5.58. The largest absolute Gasteiger partial charge is 0.463 e. The Kier molecular flexibility index (Phi) is 7.30. The number of fused-ring (bicyclic) bond motifs is 1. The Morgan fingerprint density at radius 3 is 2.49 bits per heavy atom. The number of esters is 1. The summed E-state index contributed by atoms with van der Waals surface area (Å²) in [6, 6.07) is 6.01. The minimum Gasteiger partial charge on any atom is -0.463 e. The zero-order valence-corrected chi connectivity index (χ0v) is 20.6. The highest BCUT2D eigenvalue weighted by Gasteiger charge is 2.49. The number of amidine groups is 1. The van der Waals surface area contributed by atoms with Gasteiger partial charge in [0.2, 0.25) is 5.91 Å². The van der Waals surface area contributed by atoms with Crippen LogP contribution in [0.2, 0.25) is 0 Å². The fraction of sp³-hybridized carbons (Fsp3) is 0.480. The van der Waals surface area contributed by atoms with Gasteiger partial charge >= 0.3 is 12.1 Å². The quantitative estimate of drug-likeness (QED) is 0.477. The first-order valence-corrected chi connectivity index (χ1v) is 12.6. The van der Waals surface area contributed by atoms with Crippen molar-refractivity contribution >= 4 is 28.8 Å². The smallest absolute Gasteiger partial charge is 0.434 e. The highest BCUT2D eigenvalue weighted by atomic mass is 32.2. The van der Waals surface area contributed by atoms with Gasteiger partial charge < -0.3 is 15.0 Å². The fourth-order valence-corrected chi connectivity index (χ4v) is 4.99. The first kappa shape index (κ1) is 25.3. The number of hydrogen-bond donors (Lipinski definition) is 1. The average molecular weight is 508 g/mol. The van der Waals surface area contributed by atoms with Crippen LogP contribution < -0.4 is 5.32 Å². The first-order valence-electron chi connectivity index (χ1n) is 11.7. The van der Waals surface area contributed by atoms with Crippen molar-refractivity contribution in [2.24, 2.45) is 10.9 Å². The minimum absolute atomic E-state index is 0.0310. The number of amides is 1. The van der Waals surface area contributed by atoms with E-state index in [1.165, 1.54) is 6.92 Å². The Morgan fingerprint density at radius 1 is 1.23 bits per heavy atom. The van der Waals surface area contributed by atoms with Gasteiger partial charge in [0, 0.05) is 12.2 Å². The number of aliphatic imine (C=N–C) groups is 1. The van der Waals surface area contributed by atoms with Crippen LogP contribution in [0.1, 0.15) is 63.1 Å². The second-order valence-electron chi connectivity index (χ2n) is 9.12. The number of alkyl halides is 3. The van der Waals surface area contributed by atoms with Crippen LogP contribution in [0.5, 0.6) is 0 Å². The van der Waals surface area contributed by atoms with Crippen molar-refractivity contribution in [2.45, 2.75) is 58.2 Å². The monoisotopic (exact) mass is 507 g/mol. The molecule has 0 unspecified atom stereocenters. The average Bonchev–Trinajstić information content (AvgIpc) is 3.56. The van der Waals surface area contributed by atoms with Gasteiger partial charge in [-0.1, -0.05) is 49.9 Å². The van der Waals surface area contributed by atoms with E-state index < -0.39 is 29.5 Å². The summed E-state index contributed by atoms with van der Waals surface area (Å²) in [6.07, 6.45) is -2.72. The molecule has 35 heavy (non-hydrogen) atoms. The number of rotatable bonds is 8. The Balaban J connectivity index is 1.76. The van der Waals surface area contributed by atoms with Crippen molar-refractivity contribution < 1.29 is 27.5 Å². The molecule has 1 aromatic rings.